The molecule has 0 spiro atoms. The van der Waals surface area contributed by atoms with Crippen molar-refractivity contribution < 1.29 is 9.18 Å². The molecule has 118 valence electrons. The molecule has 5 heteroatoms. The lowest BCUT2D eigenvalue weighted by Crippen LogP contribution is -2.15. The van der Waals surface area contributed by atoms with E-state index in [1.54, 1.807) is 13.0 Å². The van der Waals surface area contributed by atoms with Gasteiger partial charge in [-0.15, -0.1) is 11.3 Å². The molecule has 0 unspecified atom stereocenters. The third-order valence-corrected chi connectivity index (χ3v) is 5.28. The van der Waals surface area contributed by atoms with Crippen LogP contribution in [0.4, 0.5) is 4.39 Å². The number of carbonyl (C=O) groups is 1. The third-order valence-electron chi connectivity index (χ3n) is 3.62. The Morgan fingerprint density at radius 2 is 1.91 bits per heavy atom. The zero-order chi connectivity index (χ0) is 16.7. The van der Waals surface area contributed by atoms with Gasteiger partial charge in [0.2, 0.25) is 0 Å². The van der Waals surface area contributed by atoms with Gasteiger partial charge in [-0.05, 0) is 37.0 Å². The monoisotopic (exact) mass is 320 g/mol. The number of carbonyl (C=O) groups excluding carboxylic acids is 1. The van der Waals surface area contributed by atoms with Crippen LogP contribution in [-0.2, 0) is 12.5 Å². The molecular weight excluding hydrogens is 299 g/mol. The van der Waals surface area contributed by atoms with Gasteiger partial charge in [0.1, 0.15) is 5.82 Å². The lowest BCUT2D eigenvalue weighted by molar-refractivity contribution is 0.0997. The molecule has 1 aromatic heterocycles. The SMILES string of the molecule is Cc1ccc(F)cc1C(=O)N=c1sc(C(C)(C)C)c(C)n1C. The number of hydrogen-bond acceptors (Lipinski definition) is 2. The summed E-state index contributed by atoms with van der Waals surface area (Å²) in [7, 11) is 1.89. The number of thiazole rings is 1. The zero-order valence-electron chi connectivity index (χ0n) is 13.8. The van der Waals surface area contributed by atoms with Crippen molar-refractivity contribution in [3.8, 4) is 0 Å². The summed E-state index contributed by atoms with van der Waals surface area (Å²) in [5.41, 5.74) is 2.13. The Bertz CT molecular complexity index is 794. The molecule has 0 aliphatic heterocycles. The summed E-state index contributed by atoms with van der Waals surface area (Å²) < 4.78 is 15.3. The Morgan fingerprint density at radius 3 is 2.45 bits per heavy atom. The van der Waals surface area contributed by atoms with Crippen molar-refractivity contribution in [2.75, 3.05) is 0 Å². The molecule has 2 rings (SSSR count). The van der Waals surface area contributed by atoms with E-state index in [1.807, 2.05) is 18.5 Å². The molecule has 3 nitrogen and oxygen atoms in total. The van der Waals surface area contributed by atoms with E-state index >= 15 is 0 Å². The number of hydrogen-bond donors (Lipinski definition) is 0. The maximum absolute atomic E-state index is 13.4. The van der Waals surface area contributed by atoms with Gasteiger partial charge in [0.15, 0.2) is 4.80 Å². The number of halogens is 1. The van der Waals surface area contributed by atoms with Crippen molar-refractivity contribution in [1.29, 1.82) is 0 Å². The highest BCUT2D eigenvalue weighted by Gasteiger charge is 2.21. The molecule has 0 aliphatic rings. The van der Waals surface area contributed by atoms with Crippen LogP contribution >= 0.6 is 11.3 Å². The second-order valence-electron chi connectivity index (χ2n) is 6.48. The third kappa shape index (κ3) is 3.19. The number of nitrogens with zero attached hydrogens (tertiary/aromatic N) is 2. The number of rotatable bonds is 1. The van der Waals surface area contributed by atoms with Gasteiger partial charge >= 0.3 is 0 Å². The summed E-state index contributed by atoms with van der Waals surface area (Å²) in [5, 5.41) is 0. The molecule has 1 aromatic carbocycles. The van der Waals surface area contributed by atoms with Crippen LogP contribution in [0.5, 0.6) is 0 Å². The van der Waals surface area contributed by atoms with Crippen LogP contribution in [-0.4, -0.2) is 10.5 Å². The highest BCUT2D eigenvalue weighted by molar-refractivity contribution is 7.09. The van der Waals surface area contributed by atoms with Gasteiger partial charge < -0.3 is 4.57 Å². The minimum absolute atomic E-state index is 0.00189. The van der Waals surface area contributed by atoms with Gasteiger partial charge in [0.05, 0.1) is 0 Å². The lowest BCUT2D eigenvalue weighted by Gasteiger charge is -2.17. The van der Waals surface area contributed by atoms with Crippen molar-refractivity contribution in [1.82, 2.24) is 4.57 Å². The topological polar surface area (TPSA) is 34.4 Å². The summed E-state index contributed by atoms with van der Waals surface area (Å²) in [4.78, 5) is 18.4. The van der Waals surface area contributed by atoms with Crippen molar-refractivity contribution in [3.63, 3.8) is 0 Å². The fourth-order valence-electron chi connectivity index (χ4n) is 2.29. The smallest absolute Gasteiger partial charge is 0.280 e. The Hall–Kier alpha value is -1.75. The van der Waals surface area contributed by atoms with Crippen molar-refractivity contribution in [3.05, 3.63) is 50.5 Å². The molecule has 0 N–H and O–H groups in total. The Balaban J connectivity index is 2.54. The highest BCUT2D eigenvalue weighted by atomic mass is 32.1. The van der Waals surface area contributed by atoms with Gasteiger partial charge in [-0.3, -0.25) is 4.79 Å². The Labute approximate surface area is 134 Å². The Morgan fingerprint density at radius 1 is 1.27 bits per heavy atom. The normalized spacial score (nSPS) is 12.8. The predicted molar refractivity (Wildman–Crippen MR) is 87.8 cm³/mol. The molecule has 2 aromatic rings. The second-order valence-corrected chi connectivity index (χ2v) is 7.46. The van der Waals surface area contributed by atoms with E-state index in [9.17, 15) is 9.18 Å². The summed E-state index contributed by atoms with van der Waals surface area (Å²) in [6, 6.07) is 4.18. The quantitative estimate of drug-likeness (QED) is 0.785. The molecule has 0 saturated heterocycles. The molecule has 0 aliphatic carbocycles. The van der Waals surface area contributed by atoms with Gasteiger partial charge in [0.25, 0.3) is 5.91 Å². The summed E-state index contributed by atoms with van der Waals surface area (Å²) in [5.74, 6) is -0.833. The van der Waals surface area contributed by atoms with Gasteiger partial charge in [-0.2, -0.15) is 4.99 Å². The molecular formula is C17H21FN2OS. The predicted octanol–water partition coefficient (Wildman–Crippen LogP) is 3.88. The van der Waals surface area contributed by atoms with E-state index < -0.39 is 11.7 Å². The number of aromatic nitrogens is 1. The van der Waals surface area contributed by atoms with E-state index in [0.717, 1.165) is 11.3 Å². The largest absolute Gasteiger partial charge is 0.324 e. The van der Waals surface area contributed by atoms with Crippen LogP contribution in [0.15, 0.2) is 23.2 Å². The molecule has 22 heavy (non-hydrogen) atoms. The first kappa shape index (κ1) is 16.6. The van der Waals surface area contributed by atoms with Crippen molar-refractivity contribution in [2.24, 2.45) is 12.0 Å². The van der Waals surface area contributed by atoms with Gasteiger partial charge in [-0.1, -0.05) is 26.8 Å². The highest BCUT2D eigenvalue weighted by Crippen LogP contribution is 2.27. The maximum atomic E-state index is 13.4. The van der Waals surface area contributed by atoms with Crippen molar-refractivity contribution in [2.45, 2.75) is 40.0 Å². The van der Waals surface area contributed by atoms with Gasteiger partial charge in [-0.25, -0.2) is 4.39 Å². The first-order valence-electron chi connectivity index (χ1n) is 7.13. The molecule has 1 heterocycles. The minimum atomic E-state index is -0.425. The first-order valence-corrected chi connectivity index (χ1v) is 7.95. The molecule has 0 bridgehead atoms. The first-order chi connectivity index (χ1) is 10.1. The van der Waals surface area contributed by atoms with Crippen LogP contribution in [0.1, 0.15) is 47.3 Å². The molecule has 0 atom stereocenters. The number of amides is 1. The number of benzene rings is 1. The average molecular weight is 320 g/mol. The number of aryl methyl sites for hydroxylation is 1. The average Bonchev–Trinajstić information content (AvgIpc) is 2.69. The van der Waals surface area contributed by atoms with Crippen LogP contribution in [0, 0.1) is 19.7 Å². The fourth-order valence-corrected chi connectivity index (χ4v) is 3.47. The Kier molecular flexibility index (Phi) is 4.38. The van der Waals surface area contributed by atoms with E-state index in [2.05, 4.69) is 25.8 Å². The summed E-state index contributed by atoms with van der Waals surface area (Å²) >= 11 is 1.51. The van der Waals surface area contributed by atoms with Crippen LogP contribution in [0.2, 0.25) is 0 Å². The van der Waals surface area contributed by atoms with E-state index in [1.165, 1.54) is 28.3 Å². The van der Waals surface area contributed by atoms with Gasteiger partial charge in [0, 0.05) is 23.2 Å². The zero-order valence-corrected chi connectivity index (χ0v) is 14.6. The molecule has 0 radical (unpaired) electrons. The van der Waals surface area contributed by atoms with Crippen LogP contribution in [0.3, 0.4) is 0 Å². The fraction of sp³-hybridized carbons (Fsp3) is 0.412. The second kappa shape index (κ2) is 5.80. The summed E-state index contributed by atoms with van der Waals surface area (Å²) in [6.07, 6.45) is 0. The maximum Gasteiger partial charge on any atom is 0.280 e. The molecule has 0 saturated carbocycles. The van der Waals surface area contributed by atoms with Crippen LogP contribution < -0.4 is 4.80 Å². The summed E-state index contributed by atoms with van der Waals surface area (Å²) in [6.45, 7) is 10.2. The lowest BCUT2D eigenvalue weighted by atomic mass is 9.93. The van der Waals surface area contributed by atoms with E-state index in [0.29, 0.717) is 10.4 Å². The van der Waals surface area contributed by atoms with Crippen molar-refractivity contribution >= 4 is 17.2 Å². The van der Waals surface area contributed by atoms with Crippen LogP contribution in [0.25, 0.3) is 0 Å². The molecule has 0 fully saturated rings. The molecule has 1 amide bonds. The minimum Gasteiger partial charge on any atom is -0.324 e. The van der Waals surface area contributed by atoms with E-state index in [4.69, 9.17) is 0 Å². The van der Waals surface area contributed by atoms with E-state index in [-0.39, 0.29) is 5.41 Å². The standard InChI is InChI=1S/C17H21FN2OS/c1-10-7-8-12(18)9-13(10)15(21)19-16-20(6)11(2)14(22-16)17(3,4)5/h7-9H,1-6H3.